The van der Waals surface area contributed by atoms with Crippen molar-refractivity contribution in [2.24, 2.45) is 0 Å². The normalized spacial score (nSPS) is 28.0. The van der Waals surface area contributed by atoms with Crippen LogP contribution in [0.4, 0.5) is 4.79 Å². The van der Waals surface area contributed by atoms with Gasteiger partial charge in [-0.05, 0) is 13.8 Å². The van der Waals surface area contributed by atoms with Gasteiger partial charge in [0, 0.05) is 11.8 Å². The molecule has 0 N–H and O–H groups in total. The molecule has 1 aliphatic rings. The lowest BCUT2D eigenvalue weighted by atomic mass is 10.3. The van der Waals surface area contributed by atoms with Crippen LogP contribution in [0.15, 0.2) is 0 Å². The molecule has 1 heterocycles. The molecule has 0 bridgehead atoms. The van der Waals surface area contributed by atoms with Gasteiger partial charge in [-0.25, -0.2) is 9.80 Å². The van der Waals surface area contributed by atoms with Crippen LogP contribution in [0.25, 0.3) is 0 Å². The minimum Gasteiger partial charge on any atom is -0.452 e. The van der Waals surface area contributed by atoms with Gasteiger partial charge in [0.1, 0.15) is 5.66 Å². The van der Waals surface area contributed by atoms with Gasteiger partial charge in [0.15, 0.2) is 0 Å². The van der Waals surface area contributed by atoms with Gasteiger partial charge < -0.3 is 4.74 Å². The predicted molar refractivity (Wildman–Crippen MR) is 36.0 cm³/mol. The van der Waals surface area contributed by atoms with Gasteiger partial charge in [-0.3, -0.25) is 0 Å². The molecule has 0 aliphatic carbocycles. The van der Waals surface area contributed by atoms with Crippen molar-refractivity contribution in [2.45, 2.75) is 19.5 Å². The van der Waals surface area contributed by atoms with E-state index >= 15 is 0 Å². The average Bonchev–Trinajstić information content (AvgIpc) is 2.33. The first-order chi connectivity index (χ1) is 4.51. The Hall–Kier alpha value is -0.480. The van der Waals surface area contributed by atoms with Crippen molar-refractivity contribution < 1.29 is 9.53 Å². The van der Waals surface area contributed by atoms with Gasteiger partial charge in [-0.1, -0.05) is 4.53 Å². The van der Waals surface area contributed by atoms with Crippen LogP contribution in [0.3, 0.4) is 0 Å². The molecule has 0 spiro atoms. The molecule has 0 aromatic rings. The molecule has 0 aromatic carbocycles. The summed E-state index contributed by atoms with van der Waals surface area (Å²) in [5.74, 6) is 0. The lowest BCUT2D eigenvalue weighted by Gasteiger charge is -1.98. The van der Waals surface area contributed by atoms with E-state index in [1.807, 2.05) is 13.8 Å². The third kappa shape index (κ3) is 0.839. The fourth-order valence-electron chi connectivity index (χ4n) is 0.715. The highest BCUT2D eigenvalue weighted by atomic mass is 35.5. The number of carbonyl (C=O) groups is 1. The van der Waals surface area contributed by atoms with Crippen molar-refractivity contribution in [3.63, 3.8) is 0 Å². The first kappa shape index (κ1) is 7.63. The van der Waals surface area contributed by atoms with Crippen LogP contribution in [-0.2, 0) is 4.74 Å². The Morgan fingerprint density at radius 1 is 1.60 bits per heavy atom. The van der Waals surface area contributed by atoms with Crippen LogP contribution >= 0.6 is 11.8 Å². The van der Waals surface area contributed by atoms with E-state index in [9.17, 15) is 4.79 Å². The van der Waals surface area contributed by atoms with Gasteiger partial charge in [-0.15, -0.1) is 0 Å². The number of halogens is 1. The third-order valence-corrected chi connectivity index (χ3v) is 2.02. The van der Waals surface area contributed by atoms with Crippen LogP contribution in [-0.4, -0.2) is 28.4 Å². The van der Waals surface area contributed by atoms with Crippen molar-refractivity contribution in [2.75, 3.05) is 7.11 Å². The molecule has 1 atom stereocenters. The molecule has 1 fully saturated rings. The molecule has 1 unspecified atom stereocenters. The maximum atomic E-state index is 10.8. The smallest absolute Gasteiger partial charge is 0.427 e. The fraction of sp³-hybridized carbons (Fsp3) is 0.800. The average molecular weight is 165 g/mol. The number of nitrogens with zero attached hydrogens (tertiary/aromatic N) is 2. The standard InChI is InChI=1S/C5H9ClN2O2/c1-5(2)7(8(5)6)4(9)10-3/h1-3H3. The van der Waals surface area contributed by atoms with E-state index in [-0.39, 0.29) is 0 Å². The van der Waals surface area contributed by atoms with Crippen molar-refractivity contribution >= 4 is 17.9 Å². The van der Waals surface area contributed by atoms with Gasteiger partial charge in [0.05, 0.1) is 7.11 Å². The molecule has 1 rings (SSSR count). The zero-order valence-corrected chi connectivity index (χ0v) is 6.84. The topological polar surface area (TPSA) is 32.3 Å². The maximum Gasteiger partial charge on any atom is 0.427 e. The molecule has 5 heteroatoms. The van der Waals surface area contributed by atoms with Crippen LogP contribution in [0.1, 0.15) is 13.8 Å². The van der Waals surface area contributed by atoms with Crippen molar-refractivity contribution in [3.8, 4) is 0 Å². The number of amides is 1. The summed E-state index contributed by atoms with van der Waals surface area (Å²) < 4.78 is 5.73. The van der Waals surface area contributed by atoms with Crippen molar-refractivity contribution in [1.29, 1.82) is 0 Å². The Balaban J connectivity index is 2.57. The Morgan fingerprint density at radius 3 is 2.10 bits per heavy atom. The second kappa shape index (κ2) is 2.00. The first-order valence-electron chi connectivity index (χ1n) is 2.86. The zero-order valence-electron chi connectivity index (χ0n) is 6.09. The summed E-state index contributed by atoms with van der Waals surface area (Å²) in [6, 6.07) is 0. The minimum atomic E-state index is -0.431. The minimum absolute atomic E-state index is 0.394. The molecule has 58 valence electrons. The number of methoxy groups -OCH3 is 1. The second-order valence-corrected chi connectivity index (χ2v) is 2.86. The Bertz CT molecular complexity index is 171. The zero-order chi connectivity index (χ0) is 7.94. The highest BCUT2D eigenvalue weighted by molar-refractivity contribution is 6.16. The largest absolute Gasteiger partial charge is 0.452 e. The molecule has 0 saturated carbocycles. The lowest BCUT2D eigenvalue weighted by molar-refractivity contribution is 0.142. The summed E-state index contributed by atoms with van der Waals surface area (Å²) >= 11 is 5.58. The van der Waals surface area contributed by atoms with Crippen LogP contribution in [0.2, 0.25) is 0 Å². The van der Waals surface area contributed by atoms with E-state index in [0.29, 0.717) is 0 Å². The lowest BCUT2D eigenvalue weighted by Crippen LogP contribution is -2.17. The number of rotatable bonds is 0. The van der Waals surface area contributed by atoms with Gasteiger partial charge in [0.2, 0.25) is 0 Å². The number of ether oxygens (including phenoxy) is 1. The summed E-state index contributed by atoms with van der Waals surface area (Å²) in [7, 11) is 1.32. The molecule has 10 heavy (non-hydrogen) atoms. The van der Waals surface area contributed by atoms with Crippen molar-refractivity contribution in [1.82, 2.24) is 9.54 Å². The molecule has 1 saturated heterocycles. The highest BCUT2D eigenvalue weighted by Crippen LogP contribution is 2.40. The first-order valence-corrected chi connectivity index (χ1v) is 3.19. The summed E-state index contributed by atoms with van der Waals surface area (Å²) in [6.45, 7) is 3.63. The number of hydrazine groups is 1. The second-order valence-electron chi connectivity index (χ2n) is 2.54. The SMILES string of the molecule is COC(=O)N1N(Cl)C1(C)C. The Morgan fingerprint density at radius 2 is 2.00 bits per heavy atom. The Labute approximate surface area is 64.4 Å². The van der Waals surface area contributed by atoms with E-state index in [4.69, 9.17) is 11.8 Å². The number of carbonyl (C=O) groups excluding carboxylic acids is 1. The monoisotopic (exact) mass is 164 g/mol. The van der Waals surface area contributed by atoms with Crippen molar-refractivity contribution in [3.05, 3.63) is 0 Å². The molecular weight excluding hydrogens is 156 g/mol. The number of hydrogen-bond acceptors (Lipinski definition) is 3. The third-order valence-electron chi connectivity index (χ3n) is 1.45. The summed E-state index contributed by atoms with van der Waals surface area (Å²) in [4.78, 5) is 10.8. The van der Waals surface area contributed by atoms with E-state index in [2.05, 4.69) is 4.74 Å². The van der Waals surface area contributed by atoms with Crippen LogP contribution < -0.4 is 0 Å². The van der Waals surface area contributed by atoms with Gasteiger partial charge in [0.25, 0.3) is 0 Å². The predicted octanol–water partition coefficient (Wildman–Crippen LogP) is 1.18. The molecule has 1 amide bonds. The summed E-state index contributed by atoms with van der Waals surface area (Å²) in [5.41, 5.74) is -0.394. The quantitative estimate of drug-likeness (QED) is 0.398. The maximum absolute atomic E-state index is 10.8. The molecule has 0 radical (unpaired) electrons. The molecule has 0 aromatic heterocycles. The Kier molecular flexibility index (Phi) is 1.53. The van der Waals surface area contributed by atoms with E-state index in [1.165, 1.54) is 16.6 Å². The van der Waals surface area contributed by atoms with Gasteiger partial charge in [-0.2, -0.15) is 0 Å². The summed E-state index contributed by atoms with van der Waals surface area (Å²) in [6.07, 6.45) is -0.431. The van der Waals surface area contributed by atoms with Crippen LogP contribution in [0, 0.1) is 0 Å². The molecule has 1 aliphatic heterocycles. The number of hydrogen-bond donors (Lipinski definition) is 0. The molecular formula is C5H9ClN2O2. The molecule has 4 nitrogen and oxygen atoms in total. The van der Waals surface area contributed by atoms with E-state index < -0.39 is 11.8 Å². The van der Waals surface area contributed by atoms with Crippen LogP contribution in [0.5, 0.6) is 0 Å². The van der Waals surface area contributed by atoms with E-state index in [1.54, 1.807) is 0 Å². The van der Waals surface area contributed by atoms with E-state index in [0.717, 1.165) is 0 Å². The fourth-order valence-corrected chi connectivity index (χ4v) is 1.000. The summed E-state index contributed by atoms with van der Waals surface area (Å²) in [5, 5.41) is 1.31. The van der Waals surface area contributed by atoms with Gasteiger partial charge >= 0.3 is 6.09 Å². The highest BCUT2D eigenvalue weighted by Gasteiger charge is 2.57.